The van der Waals surface area contributed by atoms with Gasteiger partial charge in [0.15, 0.2) is 12.7 Å². The predicted molar refractivity (Wildman–Crippen MR) is 38.3 cm³/mol. The zero-order valence-electron chi connectivity index (χ0n) is 6.91. The van der Waals surface area contributed by atoms with E-state index < -0.39 is 36.2 Å². The molecule has 0 rings (SSSR count). The van der Waals surface area contributed by atoms with Crippen LogP contribution in [0.4, 0.5) is 13.2 Å². The first-order chi connectivity index (χ1) is 6.22. The minimum absolute atomic E-state index is 0.993. The third-order valence-corrected chi connectivity index (χ3v) is 1.39. The van der Waals surface area contributed by atoms with Crippen molar-refractivity contribution >= 4 is 17.3 Å². The monoisotopic (exact) mass is 236 g/mol. The van der Waals surface area contributed by atoms with Crippen LogP contribution >= 0.6 is 0 Å². The van der Waals surface area contributed by atoms with Crippen molar-refractivity contribution in [1.82, 2.24) is 0 Å². The summed E-state index contributed by atoms with van der Waals surface area (Å²) in [7, 11) is 0. The van der Waals surface area contributed by atoms with Crippen molar-refractivity contribution < 1.29 is 35.6 Å². The largest absolute Gasteiger partial charge is 0.454 e. The molecule has 0 saturated heterocycles. The molecule has 0 heterocycles. The van der Waals surface area contributed by atoms with Gasteiger partial charge in [0, 0.05) is 0 Å². The van der Waals surface area contributed by atoms with Gasteiger partial charge in [-0.25, -0.2) is 4.79 Å². The fourth-order valence-electron chi connectivity index (χ4n) is 0.433. The average molecular weight is 236 g/mol. The topological polar surface area (TPSA) is 72.8 Å². The summed E-state index contributed by atoms with van der Waals surface area (Å²) in [5.41, 5.74) is 0. The van der Waals surface area contributed by atoms with Crippen LogP contribution in [0.25, 0.3) is 0 Å². The van der Waals surface area contributed by atoms with E-state index in [2.05, 4.69) is 8.92 Å². The van der Waals surface area contributed by atoms with E-state index in [1.165, 1.54) is 0 Å². The van der Waals surface area contributed by atoms with Crippen LogP contribution in [0.2, 0.25) is 0 Å². The summed E-state index contributed by atoms with van der Waals surface area (Å²) in [4.78, 5) is 10.6. The van der Waals surface area contributed by atoms with Gasteiger partial charge in [-0.1, -0.05) is 0 Å². The number of alkyl halides is 3. The standard InChI is InChI=1S/C5H7F3O5S/c1-3(13-14(10)11)4(9)12-2-5(6,7)8/h3H,2H2,1H3,(H,10,11). The number of carbonyl (C=O) groups is 1. The van der Waals surface area contributed by atoms with Gasteiger partial charge in [0.05, 0.1) is 0 Å². The lowest BCUT2D eigenvalue weighted by Gasteiger charge is -2.10. The summed E-state index contributed by atoms with van der Waals surface area (Å²) in [6.07, 6.45) is -6.16. The lowest BCUT2D eigenvalue weighted by Crippen LogP contribution is -2.28. The van der Waals surface area contributed by atoms with Crippen LogP contribution in [-0.2, 0) is 25.1 Å². The van der Waals surface area contributed by atoms with Gasteiger partial charge in [-0.3, -0.25) is 8.74 Å². The number of halogens is 3. The second kappa shape index (κ2) is 5.27. The molecule has 0 aromatic rings. The summed E-state index contributed by atoms with van der Waals surface area (Å²) in [6.45, 7) is -0.759. The van der Waals surface area contributed by atoms with Gasteiger partial charge in [-0.05, 0) is 6.92 Å². The van der Waals surface area contributed by atoms with E-state index in [-0.39, 0.29) is 0 Å². The summed E-state index contributed by atoms with van der Waals surface area (Å²) >= 11 is -2.72. The lowest BCUT2D eigenvalue weighted by molar-refractivity contribution is -0.190. The van der Waals surface area contributed by atoms with E-state index >= 15 is 0 Å². The van der Waals surface area contributed by atoms with Gasteiger partial charge in [0.2, 0.25) is 0 Å². The molecule has 14 heavy (non-hydrogen) atoms. The number of hydrogen-bond donors (Lipinski definition) is 1. The highest BCUT2D eigenvalue weighted by Gasteiger charge is 2.31. The number of rotatable bonds is 4. The van der Waals surface area contributed by atoms with Gasteiger partial charge in [-0.2, -0.15) is 17.4 Å². The maximum Gasteiger partial charge on any atom is 0.422 e. The van der Waals surface area contributed by atoms with Crippen molar-refractivity contribution in [3.63, 3.8) is 0 Å². The van der Waals surface area contributed by atoms with Crippen LogP contribution in [0.3, 0.4) is 0 Å². The molecule has 5 nitrogen and oxygen atoms in total. The fourth-order valence-corrected chi connectivity index (χ4v) is 0.759. The van der Waals surface area contributed by atoms with Gasteiger partial charge >= 0.3 is 23.5 Å². The van der Waals surface area contributed by atoms with Gasteiger partial charge < -0.3 is 4.74 Å². The van der Waals surface area contributed by atoms with E-state index in [9.17, 15) is 22.2 Å². The van der Waals surface area contributed by atoms with E-state index in [4.69, 9.17) is 4.55 Å². The van der Waals surface area contributed by atoms with E-state index in [1.807, 2.05) is 0 Å². The van der Waals surface area contributed by atoms with Gasteiger partial charge in [0.25, 0.3) is 0 Å². The molecule has 2 unspecified atom stereocenters. The second-order valence-electron chi connectivity index (χ2n) is 2.18. The van der Waals surface area contributed by atoms with Crippen molar-refractivity contribution in [2.45, 2.75) is 19.2 Å². The Kier molecular flexibility index (Phi) is 5.02. The Hall–Kier alpha value is -0.670. The molecule has 0 aromatic heterocycles. The highest BCUT2D eigenvalue weighted by atomic mass is 32.2. The first-order valence-corrected chi connectivity index (χ1v) is 4.27. The molecule has 0 bridgehead atoms. The Labute approximate surface area is 79.7 Å². The average Bonchev–Trinajstić information content (AvgIpc) is 1.97. The molecular weight excluding hydrogens is 229 g/mol. The number of ether oxygens (including phenoxy) is 1. The summed E-state index contributed by atoms with van der Waals surface area (Å²) in [5, 5.41) is 0. The smallest absolute Gasteiger partial charge is 0.422 e. The second-order valence-corrected chi connectivity index (χ2v) is 2.81. The quantitative estimate of drug-likeness (QED) is 0.572. The Morgan fingerprint density at radius 3 is 2.43 bits per heavy atom. The zero-order valence-corrected chi connectivity index (χ0v) is 7.72. The molecule has 0 aliphatic rings. The maximum atomic E-state index is 11.5. The van der Waals surface area contributed by atoms with E-state index in [0.29, 0.717) is 0 Å². The van der Waals surface area contributed by atoms with Crippen LogP contribution < -0.4 is 0 Å². The molecule has 9 heteroatoms. The van der Waals surface area contributed by atoms with Crippen LogP contribution in [0, 0.1) is 0 Å². The van der Waals surface area contributed by atoms with Crippen LogP contribution in [0.15, 0.2) is 0 Å². The van der Waals surface area contributed by atoms with Crippen molar-refractivity contribution in [2.75, 3.05) is 6.61 Å². The molecule has 84 valence electrons. The zero-order chi connectivity index (χ0) is 11.4. The molecule has 0 saturated carbocycles. The molecule has 0 fully saturated rings. The summed E-state index contributed by atoms with van der Waals surface area (Å²) in [6, 6.07) is 0. The molecular formula is C5H7F3O5S. The molecule has 0 aromatic carbocycles. The Bertz CT molecular complexity index is 228. The van der Waals surface area contributed by atoms with Crippen LogP contribution in [-0.4, -0.2) is 33.6 Å². The third-order valence-electron chi connectivity index (χ3n) is 0.937. The molecule has 0 amide bonds. The molecule has 0 radical (unpaired) electrons. The first-order valence-electron chi connectivity index (χ1n) is 3.24. The van der Waals surface area contributed by atoms with Gasteiger partial charge in [0.1, 0.15) is 0 Å². The first kappa shape index (κ1) is 13.3. The van der Waals surface area contributed by atoms with Gasteiger partial charge in [-0.15, -0.1) is 0 Å². The number of carbonyl (C=O) groups excluding carboxylic acids is 1. The molecule has 0 aliphatic carbocycles. The lowest BCUT2D eigenvalue weighted by atomic mass is 10.4. The summed E-state index contributed by atoms with van der Waals surface area (Å²) < 4.78 is 60.3. The van der Waals surface area contributed by atoms with Crippen molar-refractivity contribution in [1.29, 1.82) is 0 Å². The van der Waals surface area contributed by atoms with Crippen LogP contribution in [0.1, 0.15) is 6.92 Å². The normalized spacial score (nSPS) is 16.1. The van der Waals surface area contributed by atoms with E-state index in [0.717, 1.165) is 6.92 Å². The molecule has 1 N–H and O–H groups in total. The Balaban J connectivity index is 3.91. The van der Waals surface area contributed by atoms with Crippen LogP contribution in [0.5, 0.6) is 0 Å². The predicted octanol–water partition coefficient (Wildman–Crippen LogP) is 0.634. The number of esters is 1. The van der Waals surface area contributed by atoms with Crippen molar-refractivity contribution in [3.8, 4) is 0 Å². The Morgan fingerprint density at radius 2 is 2.07 bits per heavy atom. The molecule has 0 aliphatic heterocycles. The van der Waals surface area contributed by atoms with Crippen molar-refractivity contribution in [2.24, 2.45) is 0 Å². The minimum Gasteiger partial charge on any atom is -0.454 e. The minimum atomic E-state index is -4.63. The number of hydrogen-bond acceptors (Lipinski definition) is 4. The molecule has 2 atom stereocenters. The fraction of sp³-hybridized carbons (Fsp3) is 0.800. The highest BCUT2D eigenvalue weighted by Crippen LogP contribution is 2.15. The highest BCUT2D eigenvalue weighted by molar-refractivity contribution is 7.74. The maximum absolute atomic E-state index is 11.5. The summed E-state index contributed by atoms with van der Waals surface area (Å²) in [5.74, 6) is -1.36. The van der Waals surface area contributed by atoms with E-state index in [1.54, 1.807) is 0 Å². The SMILES string of the molecule is CC(OS(=O)O)C(=O)OCC(F)(F)F. The molecule has 0 spiro atoms. The Morgan fingerprint density at radius 1 is 1.57 bits per heavy atom. The third kappa shape index (κ3) is 6.80. The van der Waals surface area contributed by atoms with Crippen molar-refractivity contribution in [3.05, 3.63) is 0 Å².